The second-order valence-corrected chi connectivity index (χ2v) is 4.93. The van der Waals surface area contributed by atoms with E-state index in [2.05, 4.69) is 5.32 Å². The third kappa shape index (κ3) is 3.07. The summed E-state index contributed by atoms with van der Waals surface area (Å²) in [5.74, 6) is -0.0373. The summed E-state index contributed by atoms with van der Waals surface area (Å²) in [6, 6.07) is 9.49. The molecule has 1 aromatic heterocycles. The molecule has 0 spiro atoms. The van der Waals surface area contributed by atoms with Gasteiger partial charge in [0, 0.05) is 4.88 Å². The number of nitrogens with one attached hydrogen (secondary N) is 1. The summed E-state index contributed by atoms with van der Waals surface area (Å²) in [7, 11) is 0. The van der Waals surface area contributed by atoms with Gasteiger partial charge in [0.1, 0.15) is 0 Å². The molecular weight excluding hydrogens is 232 g/mol. The average molecular weight is 246 g/mol. The topological polar surface area (TPSA) is 55.1 Å². The zero-order chi connectivity index (χ0) is 12.3. The van der Waals surface area contributed by atoms with Crippen molar-refractivity contribution in [3.63, 3.8) is 0 Å². The minimum Gasteiger partial charge on any atom is -0.397 e. The third-order valence-electron chi connectivity index (χ3n) is 2.40. The highest BCUT2D eigenvalue weighted by molar-refractivity contribution is 7.10. The molecule has 88 valence electrons. The third-order valence-corrected chi connectivity index (χ3v) is 3.27. The van der Waals surface area contributed by atoms with E-state index in [0.29, 0.717) is 17.8 Å². The van der Waals surface area contributed by atoms with Crippen molar-refractivity contribution < 1.29 is 4.79 Å². The summed E-state index contributed by atoms with van der Waals surface area (Å²) in [5.41, 5.74) is 8.15. The number of anilines is 2. The maximum Gasteiger partial charge on any atom is 0.229 e. The summed E-state index contributed by atoms with van der Waals surface area (Å²) in [5, 5.41) is 4.79. The lowest BCUT2D eigenvalue weighted by atomic mass is 10.2. The van der Waals surface area contributed by atoms with Gasteiger partial charge in [-0.2, -0.15) is 0 Å². The largest absolute Gasteiger partial charge is 0.397 e. The standard InChI is InChI=1S/C13H14N2OS/c1-9-4-5-11(14)12(7-9)15-13(16)8-10-3-2-6-17-10/h2-7H,8,14H2,1H3,(H,15,16). The molecule has 0 bridgehead atoms. The van der Waals surface area contributed by atoms with E-state index in [4.69, 9.17) is 5.73 Å². The van der Waals surface area contributed by atoms with Gasteiger partial charge in [-0.05, 0) is 36.1 Å². The molecule has 1 amide bonds. The molecule has 0 aliphatic heterocycles. The first kappa shape index (κ1) is 11.7. The molecule has 0 atom stereocenters. The Bertz CT molecular complexity index is 520. The number of amides is 1. The quantitative estimate of drug-likeness (QED) is 0.818. The van der Waals surface area contributed by atoms with Crippen LogP contribution in [-0.4, -0.2) is 5.91 Å². The SMILES string of the molecule is Cc1ccc(N)c(NC(=O)Cc2cccs2)c1. The summed E-state index contributed by atoms with van der Waals surface area (Å²) in [6.45, 7) is 1.97. The van der Waals surface area contributed by atoms with E-state index in [1.54, 1.807) is 17.4 Å². The van der Waals surface area contributed by atoms with E-state index < -0.39 is 0 Å². The van der Waals surface area contributed by atoms with E-state index in [1.807, 2.05) is 36.6 Å². The van der Waals surface area contributed by atoms with Crippen LogP contribution in [0.3, 0.4) is 0 Å². The number of carbonyl (C=O) groups excluding carboxylic acids is 1. The fraction of sp³-hybridized carbons (Fsp3) is 0.154. The van der Waals surface area contributed by atoms with Crippen LogP contribution in [0.5, 0.6) is 0 Å². The van der Waals surface area contributed by atoms with Crippen LogP contribution in [0.25, 0.3) is 0 Å². The Balaban J connectivity index is 2.05. The Morgan fingerprint density at radius 3 is 2.94 bits per heavy atom. The highest BCUT2D eigenvalue weighted by atomic mass is 32.1. The van der Waals surface area contributed by atoms with Crippen molar-refractivity contribution in [2.45, 2.75) is 13.3 Å². The molecule has 0 saturated heterocycles. The van der Waals surface area contributed by atoms with E-state index in [1.165, 1.54) is 0 Å². The highest BCUT2D eigenvalue weighted by Gasteiger charge is 2.07. The van der Waals surface area contributed by atoms with Gasteiger partial charge in [-0.25, -0.2) is 0 Å². The van der Waals surface area contributed by atoms with Crippen molar-refractivity contribution in [3.8, 4) is 0 Å². The smallest absolute Gasteiger partial charge is 0.229 e. The molecule has 0 unspecified atom stereocenters. The molecule has 17 heavy (non-hydrogen) atoms. The number of hydrogen-bond donors (Lipinski definition) is 2. The van der Waals surface area contributed by atoms with Crippen molar-refractivity contribution in [2.24, 2.45) is 0 Å². The van der Waals surface area contributed by atoms with Gasteiger partial charge in [-0.1, -0.05) is 12.1 Å². The lowest BCUT2D eigenvalue weighted by molar-refractivity contribution is -0.115. The van der Waals surface area contributed by atoms with Crippen molar-refractivity contribution in [2.75, 3.05) is 11.1 Å². The molecule has 0 aliphatic rings. The summed E-state index contributed by atoms with van der Waals surface area (Å²) in [4.78, 5) is 12.8. The number of nitrogens with two attached hydrogens (primary N) is 1. The number of hydrogen-bond acceptors (Lipinski definition) is 3. The molecular formula is C13H14N2OS. The molecule has 1 heterocycles. The molecule has 0 radical (unpaired) electrons. The highest BCUT2D eigenvalue weighted by Crippen LogP contribution is 2.20. The predicted octanol–water partition coefficient (Wildman–Crippen LogP) is 2.82. The minimum absolute atomic E-state index is 0.0373. The van der Waals surface area contributed by atoms with E-state index >= 15 is 0 Å². The zero-order valence-electron chi connectivity index (χ0n) is 9.57. The number of rotatable bonds is 3. The first-order valence-corrected chi connectivity index (χ1v) is 6.21. The van der Waals surface area contributed by atoms with Crippen LogP contribution in [0.15, 0.2) is 35.7 Å². The number of aryl methyl sites for hydroxylation is 1. The van der Waals surface area contributed by atoms with Crippen molar-refractivity contribution in [1.29, 1.82) is 0 Å². The van der Waals surface area contributed by atoms with Crippen LogP contribution in [0.1, 0.15) is 10.4 Å². The first-order valence-electron chi connectivity index (χ1n) is 5.33. The number of carbonyl (C=O) groups is 1. The predicted molar refractivity (Wildman–Crippen MR) is 72.2 cm³/mol. The minimum atomic E-state index is -0.0373. The Kier molecular flexibility index (Phi) is 3.44. The molecule has 0 aliphatic carbocycles. The van der Waals surface area contributed by atoms with Crippen LogP contribution >= 0.6 is 11.3 Å². The van der Waals surface area contributed by atoms with Crippen molar-refractivity contribution >= 4 is 28.6 Å². The fourth-order valence-electron chi connectivity index (χ4n) is 1.54. The number of thiophene rings is 1. The second kappa shape index (κ2) is 5.01. The lowest BCUT2D eigenvalue weighted by Gasteiger charge is -2.08. The molecule has 3 N–H and O–H groups in total. The van der Waals surface area contributed by atoms with Crippen molar-refractivity contribution in [3.05, 3.63) is 46.2 Å². The van der Waals surface area contributed by atoms with E-state index in [0.717, 1.165) is 10.4 Å². The zero-order valence-corrected chi connectivity index (χ0v) is 10.4. The maximum atomic E-state index is 11.8. The van der Waals surface area contributed by atoms with Gasteiger partial charge in [0.15, 0.2) is 0 Å². The molecule has 4 heteroatoms. The van der Waals surface area contributed by atoms with E-state index in [-0.39, 0.29) is 5.91 Å². The summed E-state index contributed by atoms with van der Waals surface area (Å²) < 4.78 is 0. The first-order chi connectivity index (χ1) is 8.15. The second-order valence-electron chi connectivity index (χ2n) is 3.90. The Morgan fingerprint density at radius 1 is 1.41 bits per heavy atom. The van der Waals surface area contributed by atoms with Crippen LogP contribution in [0.4, 0.5) is 11.4 Å². The molecule has 3 nitrogen and oxygen atoms in total. The maximum absolute atomic E-state index is 11.8. The van der Waals surface area contributed by atoms with Crippen LogP contribution < -0.4 is 11.1 Å². The Labute approximate surface area is 104 Å². The van der Waals surface area contributed by atoms with Gasteiger partial charge in [0.2, 0.25) is 5.91 Å². The Morgan fingerprint density at radius 2 is 2.24 bits per heavy atom. The molecule has 0 fully saturated rings. The number of benzene rings is 1. The molecule has 1 aromatic carbocycles. The van der Waals surface area contributed by atoms with Gasteiger partial charge in [0.05, 0.1) is 17.8 Å². The van der Waals surface area contributed by atoms with Gasteiger partial charge < -0.3 is 11.1 Å². The monoisotopic (exact) mass is 246 g/mol. The fourth-order valence-corrected chi connectivity index (χ4v) is 2.25. The van der Waals surface area contributed by atoms with Gasteiger partial charge in [0.25, 0.3) is 0 Å². The Hall–Kier alpha value is -1.81. The molecule has 2 aromatic rings. The van der Waals surface area contributed by atoms with Crippen LogP contribution in [0, 0.1) is 6.92 Å². The van der Waals surface area contributed by atoms with Crippen LogP contribution in [0.2, 0.25) is 0 Å². The van der Waals surface area contributed by atoms with Crippen LogP contribution in [-0.2, 0) is 11.2 Å². The van der Waals surface area contributed by atoms with Gasteiger partial charge >= 0.3 is 0 Å². The lowest BCUT2D eigenvalue weighted by Crippen LogP contribution is -2.14. The van der Waals surface area contributed by atoms with E-state index in [9.17, 15) is 4.79 Å². The molecule has 0 saturated carbocycles. The normalized spacial score (nSPS) is 10.2. The van der Waals surface area contributed by atoms with Gasteiger partial charge in [-0.3, -0.25) is 4.79 Å². The average Bonchev–Trinajstić information content (AvgIpc) is 2.76. The summed E-state index contributed by atoms with van der Waals surface area (Å²) in [6.07, 6.45) is 0.394. The van der Waals surface area contributed by atoms with Gasteiger partial charge in [-0.15, -0.1) is 11.3 Å². The van der Waals surface area contributed by atoms with Crippen molar-refractivity contribution in [1.82, 2.24) is 0 Å². The summed E-state index contributed by atoms with van der Waals surface area (Å²) >= 11 is 1.58. The number of nitrogen functional groups attached to an aromatic ring is 1. The molecule has 2 rings (SSSR count).